The molecule has 0 aromatic heterocycles. The van der Waals surface area contributed by atoms with Crippen molar-refractivity contribution >= 4 is 5.91 Å². The first-order valence-corrected chi connectivity index (χ1v) is 7.53. The summed E-state index contributed by atoms with van der Waals surface area (Å²) in [6.07, 6.45) is 6.19. The zero-order chi connectivity index (χ0) is 13.2. The average Bonchev–Trinajstić information content (AvgIpc) is 3.00. The average molecular weight is 257 g/mol. The third kappa shape index (κ3) is 2.99. The predicted molar refractivity (Wildman–Crippen MR) is 76.6 cm³/mol. The molecule has 2 heteroatoms. The van der Waals surface area contributed by atoms with Crippen LogP contribution in [0.15, 0.2) is 24.3 Å². The molecular formula is C17H23NO. The molecule has 1 aromatic carbocycles. The van der Waals surface area contributed by atoms with Gasteiger partial charge in [-0.15, -0.1) is 0 Å². The highest BCUT2D eigenvalue weighted by Gasteiger charge is 2.39. The van der Waals surface area contributed by atoms with Crippen LogP contribution < -0.4 is 5.32 Å². The molecule has 2 aliphatic carbocycles. The van der Waals surface area contributed by atoms with Gasteiger partial charge in [0.2, 0.25) is 5.91 Å². The summed E-state index contributed by atoms with van der Waals surface area (Å²) in [5, 5.41) is 3.07. The zero-order valence-electron chi connectivity index (χ0n) is 11.7. The summed E-state index contributed by atoms with van der Waals surface area (Å²) in [6, 6.07) is 8.37. The molecule has 19 heavy (non-hydrogen) atoms. The number of hydrogen-bond acceptors (Lipinski definition) is 1. The SMILES string of the molecule is Cc1ccc(CNC(=O)C[C@@H]2C[C@H]3CC[C@H]2C3)cc1. The van der Waals surface area contributed by atoms with Crippen LogP contribution in [-0.4, -0.2) is 5.91 Å². The molecule has 0 saturated heterocycles. The topological polar surface area (TPSA) is 29.1 Å². The Hall–Kier alpha value is -1.31. The van der Waals surface area contributed by atoms with Crippen molar-refractivity contribution in [2.45, 2.75) is 45.6 Å². The van der Waals surface area contributed by atoms with Gasteiger partial charge >= 0.3 is 0 Å². The third-order valence-electron chi connectivity index (χ3n) is 4.94. The minimum Gasteiger partial charge on any atom is -0.352 e. The molecule has 0 radical (unpaired) electrons. The minimum absolute atomic E-state index is 0.234. The Morgan fingerprint density at radius 2 is 2.00 bits per heavy atom. The Balaban J connectivity index is 1.45. The van der Waals surface area contributed by atoms with Crippen LogP contribution in [0, 0.1) is 24.7 Å². The number of nitrogens with one attached hydrogen (secondary N) is 1. The molecule has 2 bridgehead atoms. The maximum atomic E-state index is 12.0. The fourth-order valence-electron chi connectivity index (χ4n) is 3.84. The molecule has 0 aliphatic heterocycles. The maximum absolute atomic E-state index is 12.0. The smallest absolute Gasteiger partial charge is 0.220 e. The molecule has 3 atom stereocenters. The van der Waals surface area contributed by atoms with E-state index in [2.05, 4.69) is 36.5 Å². The van der Waals surface area contributed by atoms with Crippen molar-refractivity contribution in [3.05, 3.63) is 35.4 Å². The number of aryl methyl sites for hydroxylation is 1. The van der Waals surface area contributed by atoms with Crippen LogP contribution in [0.2, 0.25) is 0 Å². The first-order valence-electron chi connectivity index (χ1n) is 7.53. The molecule has 2 saturated carbocycles. The summed E-state index contributed by atoms with van der Waals surface area (Å²) in [5.74, 6) is 2.67. The minimum atomic E-state index is 0.234. The lowest BCUT2D eigenvalue weighted by molar-refractivity contribution is -0.122. The number of carbonyl (C=O) groups excluding carboxylic acids is 1. The van der Waals surface area contributed by atoms with Crippen LogP contribution >= 0.6 is 0 Å². The molecule has 102 valence electrons. The van der Waals surface area contributed by atoms with Crippen molar-refractivity contribution in [2.75, 3.05) is 0 Å². The lowest BCUT2D eigenvalue weighted by Gasteiger charge is -2.20. The van der Waals surface area contributed by atoms with Crippen molar-refractivity contribution < 1.29 is 4.79 Å². The molecule has 2 fully saturated rings. The zero-order valence-corrected chi connectivity index (χ0v) is 11.7. The summed E-state index contributed by atoms with van der Waals surface area (Å²) < 4.78 is 0. The molecular weight excluding hydrogens is 234 g/mol. The molecule has 0 unspecified atom stereocenters. The highest BCUT2D eigenvalue weighted by molar-refractivity contribution is 5.76. The first-order chi connectivity index (χ1) is 9.20. The number of hydrogen-bond donors (Lipinski definition) is 1. The van der Waals surface area contributed by atoms with E-state index >= 15 is 0 Å². The lowest BCUT2D eigenvalue weighted by atomic mass is 9.86. The number of fused-ring (bicyclic) bond motifs is 2. The van der Waals surface area contributed by atoms with Crippen molar-refractivity contribution in [3.63, 3.8) is 0 Å². The van der Waals surface area contributed by atoms with Crippen molar-refractivity contribution in [2.24, 2.45) is 17.8 Å². The monoisotopic (exact) mass is 257 g/mol. The van der Waals surface area contributed by atoms with Gasteiger partial charge < -0.3 is 5.32 Å². The molecule has 1 aromatic rings. The van der Waals surface area contributed by atoms with E-state index in [1.807, 2.05) is 0 Å². The summed E-state index contributed by atoms with van der Waals surface area (Å²) in [6.45, 7) is 2.75. The van der Waals surface area contributed by atoms with E-state index in [0.29, 0.717) is 12.5 Å². The quantitative estimate of drug-likeness (QED) is 0.879. The van der Waals surface area contributed by atoms with Gasteiger partial charge in [0, 0.05) is 13.0 Å². The Bertz CT molecular complexity index is 451. The Morgan fingerprint density at radius 3 is 2.63 bits per heavy atom. The van der Waals surface area contributed by atoms with Crippen LogP contribution in [0.4, 0.5) is 0 Å². The van der Waals surface area contributed by atoms with E-state index in [-0.39, 0.29) is 5.91 Å². The molecule has 3 rings (SSSR count). The second-order valence-corrected chi connectivity index (χ2v) is 6.40. The van der Waals surface area contributed by atoms with Crippen LogP contribution in [0.3, 0.4) is 0 Å². The van der Waals surface area contributed by atoms with E-state index in [4.69, 9.17) is 0 Å². The largest absolute Gasteiger partial charge is 0.352 e. The Kier molecular flexibility index (Phi) is 3.58. The van der Waals surface area contributed by atoms with Crippen LogP contribution in [-0.2, 0) is 11.3 Å². The van der Waals surface area contributed by atoms with Crippen molar-refractivity contribution in [1.29, 1.82) is 0 Å². The van der Waals surface area contributed by atoms with E-state index in [1.165, 1.54) is 36.8 Å². The Labute approximate surface area is 115 Å². The van der Waals surface area contributed by atoms with Gasteiger partial charge in [-0.05, 0) is 49.5 Å². The van der Waals surface area contributed by atoms with Crippen LogP contribution in [0.5, 0.6) is 0 Å². The molecule has 0 spiro atoms. The van der Waals surface area contributed by atoms with E-state index in [1.54, 1.807) is 0 Å². The number of amides is 1. The van der Waals surface area contributed by atoms with Crippen LogP contribution in [0.25, 0.3) is 0 Å². The third-order valence-corrected chi connectivity index (χ3v) is 4.94. The van der Waals surface area contributed by atoms with Gasteiger partial charge in [0.05, 0.1) is 0 Å². The molecule has 1 amide bonds. The van der Waals surface area contributed by atoms with Gasteiger partial charge in [0.15, 0.2) is 0 Å². The summed E-state index contributed by atoms with van der Waals surface area (Å²) >= 11 is 0. The van der Waals surface area contributed by atoms with Gasteiger partial charge in [0.1, 0.15) is 0 Å². The molecule has 0 heterocycles. The maximum Gasteiger partial charge on any atom is 0.220 e. The fraction of sp³-hybridized carbons (Fsp3) is 0.588. The first kappa shape index (κ1) is 12.7. The normalized spacial score (nSPS) is 28.6. The van der Waals surface area contributed by atoms with E-state index in [0.717, 1.165) is 18.3 Å². The van der Waals surface area contributed by atoms with E-state index < -0.39 is 0 Å². The van der Waals surface area contributed by atoms with Gasteiger partial charge in [-0.3, -0.25) is 4.79 Å². The van der Waals surface area contributed by atoms with Crippen molar-refractivity contribution in [1.82, 2.24) is 5.32 Å². The van der Waals surface area contributed by atoms with Crippen molar-refractivity contribution in [3.8, 4) is 0 Å². The second-order valence-electron chi connectivity index (χ2n) is 6.40. The molecule has 2 nitrogen and oxygen atoms in total. The standard InChI is InChI=1S/C17H23NO/c1-12-2-4-13(5-3-12)11-18-17(19)10-16-9-14-6-7-15(16)8-14/h2-5,14-16H,6-11H2,1H3,(H,18,19)/t14-,15-,16-/m0/s1. The summed E-state index contributed by atoms with van der Waals surface area (Å²) in [4.78, 5) is 12.0. The van der Waals surface area contributed by atoms with E-state index in [9.17, 15) is 4.79 Å². The van der Waals surface area contributed by atoms with Gasteiger partial charge in [-0.25, -0.2) is 0 Å². The fourth-order valence-corrected chi connectivity index (χ4v) is 3.84. The second kappa shape index (κ2) is 5.36. The van der Waals surface area contributed by atoms with Gasteiger partial charge in [-0.1, -0.05) is 36.2 Å². The molecule has 2 aliphatic rings. The van der Waals surface area contributed by atoms with Crippen LogP contribution in [0.1, 0.15) is 43.2 Å². The predicted octanol–water partition coefficient (Wildman–Crippen LogP) is 3.44. The highest BCUT2D eigenvalue weighted by Crippen LogP contribution is 2.49. The Morgan fingerprint density at radius 1 is 1.21 bits per heavy atom. The number of carbonyl (C=O) groups is 1. The van der Waals surface area contributed by atoms with Gasteiger partial charge in [-0.2, -0.15) is 0 Å². The van der Waals surface area contributed by atoms with Gasteiger partial charge in [0.25, 0.3) is 0 Å². The molecule has 1 N–H and O–H groups in total. The summed E-state index contributed by atoms with van der Waals surface area (Å²) in [7, 11) is 0. The summed E-state index contributed by atoms with van der Waals surface area (Å²) in [5.41, 5.74) is 2.45. The number of rotatable bonds is 4. The lowest BCUT2D eigenvalue weighted by Crippen LogP contribution is -2.26. The number of benzene rings is 1. The highest BCUT2D eigenvalue weighted by atomic mass is 16.1.